The molecule has 1 aliphatic carbocycles. The van der Waals surface area contributed by atoms with Crippen molar-refractivity contribution < 1.29 is 13.0 Å². The second-order valence-corrected chi connectivity index (χ2v) is 6.10. The summed E-state index contributed by atoms with van der Waals surface area (Å²) in [4.78, 5) is 0. The minimum atomic E-state index is -3.92. The molecule has 0 aromatic heterocycles. The van der Waals surface area contributed by atoms with Crippen molar-refractivity contribution in [3.63, 3.8) is 0 Å². The summed E-state index contributed by atoms with van der Waals surface area (Å²) < 4.78 is 30.9. The smallest absolute Gasteiger partial charge is 0.267 e. The van der Waals surface area contributed by atoms with Crippen LogP contribution in [0.15, 0.2) is 0 Å². The van der Waals surface area contributed by atoms with Crippen LogP contribution in [0.4, 0.5) is 0 Å². The van der Waals surface area contributed by atoms with Gasteiger partial charge in [0, 0.05) is 5.92 Å². The van der Waals surface area contributed by atoms with Gasteiger partial charge in [0.2, 0.25) is 0 Å². The highest BCUT2D eigenvalue weighted by Gasteiger charge is 2.28. The minimum absolute atomic E-state index is 0.110. The van der Waals surface area contributed by atoms with Crippen molar-refractivity contribution in [1.82, 2.24) is 0 Å². The van der Waals surface area contributed by atoms with Gasteiger partial charge in [-0.25, -0.2) is 0 Å². The molecule has 0 amide bonds. The third-order valence-electron chi connectivity index (χ3n) is 2.94. The Morgan fingerprint density at radius 1 is 0.773 bits per heavy atom. The first-order chi connectivity index (χ1) is 10.5. The molecule has 3 nitrogen and oxygen atoms in total. The third-order valence-corrected chi connectivity index (χ3v) is 4.26. The molecule has 0 unspecified atom stereocenters. The molecule has 1 fully saturated rings. The number of rotatable bonds is 1. The fourth-order valence-electron chi connectivity index (χ4n) is 1.90. The Hall–Kier alpha value is -2.73. The third kappa shape index (κ3) is 7.16. The van der Waals surface area contributed by atoms with Crippen LogP contribution in [-0.2, 0) is 10.1 Å². The number of hydrogen-bond acceptors (Lipinski definition) is 2. The maximum absolute atomic E-state index is 11.0. The molecule has 0 saturated heterocycles. The lowest BCUT2D eigenvalue weighted by molar-refractivity contribution is 0.393. The lowest BCUT2D eigenvalue weighted by Crippen LogP contribution is -2.26. The summed E-state index contributed by atoms with van der Waals surface area (Å²) in [6, 6.07) is 0. The van der Waals surface area contributed by atoms with E-state index in [0.717, 1.165) is 0 Å². The quantitative estimate of drug-likeness (QED) is 0.583. The van der Waals surface area contributed by atoms with Crippen LogP contribution >= 0.6 is 0 Å². The molecule has 0 aromatic carbocycles. The van der Waals surface area contributed by atoms with E-state index in [-0.39, 0.29) is 5.92 Å². The van der Waals surface area contributed by atoms with E-state index in [9.17, 15) is 8.42 Å². The van der Waals surface area contributed by atoms with E-state index in [1.807, 2.05) is 0 Å². The van der Waals surface area contributed by atoms with Gasteiger partial charge in [0.25, 0.3) is 10.1 Å². The minimum Gasteiger partial charge on any atom is -0.285 e. The Kier molecular flexibility index (Phi) is 7.28. The molecule has 0 radical (unpaired) electrons. The van der Waals surface area contributed by atoms with Gasteiger partial charge in [0.15, 0.2) is 0 Å². The normalized spacial score (nSPS) is 18.7. The molecule has 1 N–H and O–H groups in total. The number of terminal acetylenes is 1. The number of hydrogen-bond donors (Lipinski definition) is 1. The molecule has 0 bridgehead atoms. The van der Waals surface area contributed by atoms with Crippen LogP contribution in [0.1, 0.15) is 25.7 Å². The Balaban J connectivity index is 2.44. The fraction of sp³-hybridized carbons (Fsp3) is 0.333. The topological polar surface area (TPSA) is 54.4 Å². The van der Waals surface area contributed by atoms with Gasteiger partial charge in [-0.2, -0.15) is 8.42 Å². The van der Waals surface area contributed by atoms with Gasteiger partial charge >= 0.3 is 0 Å². The molecule has 22 heavy (non-hydrogen) atoms. The molecule has 1 aliphatic rings. The molecule has 4 heteroatoms. The van der Waals surface area contributed by atoms with Gasteiger partial charge in [-0.15, -0.1) is 6.42 Å². The van der Waals surface area contributed by atoms with Crippen LogP contribution in [0.2, 0.25) is 0 Å². The highest BCUT2D eigenvalue weighted by molar-refractivity contribution is 7.86. The Labute approximate surface area is 132 Å². The molecule has 108 valence electrons. The van der Waals surface area contributed by atoms with Gasteiger partial charge < -0.3 is 0 Å². The maximum atomic E-state index is 11.0. The molecule has 0 aliphatic heterocycles. The van der Waals surface area contributed by atoms with Crippen LogP contribution in [0, 0.1) is 77.5 Å². The predicted octanol–water partition coefficient (Wildman–Crippen LogP) is 1.08. The molecular formula is C18H12O3S. The van der Waals surface area contributed by atoms with Gasteiger partial charge in [-0.05, 0) is 84.9 Å². The van der Waals surface area contributed by atoms with Crippen molar-refractivity contribution in [2.45, 2.75) is 30.9 Å². The van der Waals surface area contributed by atoms with Crippen molar-refractivity contribution in [3.8, 4) is 71.5 Å². The SMILES string of the molecule is C#CC#CC#CC#CC#CC#CC1CCC(S(=O)(=O)O)CC1. The van der Waals surface area contributed by atoms with Gasteiger partial charge in [0.1, 0.15) is 0 Å². The molecule has 0 atom stereocenters. The monoisotopic (exact) mass is 308 g/mol. The molecule has 0 aromatic rings. The average molecular weight is 308 g/mol. The summed E-state index contributed by atoms with van der Waals surface area (Å²) in [5, 5.41) is -0.654. The Bertz CT molecular complexity index is 853. The summed E-state index contributed by atoms with van der Waals surface area (Å²) in [6.07, 6.45) is 7.05. The second kappa shape index (κ2) is 9.25. The van der Waals surface area contributed by atoms with Gasteiger partial charge in [-0.1, -0.05) is 5.92 Å². The summed E-state index contributed by atoms with van der Waals surface area (Å²) in [7, 11) is -3.92. The van der Waals surface area contributed by atoms with E-state index in [0.29, 0.717) is 25.7 Å². The first-order valence-corrected chi connectivity index (χ1v) is 7.97. The van der Waals surface area contributed by atoms with Crippen LogP contribution < -0.4 is 0 Å². The van der Waals surface area contributed by atoms with Crippen molar-refractivity contribution in [3.05, 3.63) is 0 Å². The van der Waals surface area contributed by atoms with E-state index in [1.54, 1.807) is 0 Å². The summed E-state index contributed by atoms with van der Waals surface area (Å²) in [6.45, 7) is 0. The fourth-order valence-corrected chi connectivity index (χ4v) is 2.77. The molecule has 1 rings (SSSR count). The largest absolute Gasteiger partial charge is 0.285 e. The van der Waals surface area contributed by atoms with Crippen LogP contribution in [0.3, 0.4) is 0 Å². The lowest BCUT2D eigenvalue weighted by Gasteiger charge is -2.22. The molecule has 0 spiro atoms. The van der Waals surface area contributed by atoms with Gasteiger partial charge in [0.05, 0.1) is 5.25 Å². The van der Waals surface area contributed by atoms with E-state index in [4.69, 9.17) is 11.0 Å². The van der Waals surface area contributed by atoms with Crippen LogP contribution in [-0.4, -0.2) is 18.2 Å². The molecule has 1 saturated carbocycles. The molecule has 0 heterocycles. The second-order valence-electron chi connectivity index (χ2n) is 4.40. The first-order valence-electron chi connectivity index (χ1n) is 6.46. The zero-order chi connectivity index (χ0) is 16.3. The lowest BCUT2D eigenvalue weighted by atomic mass is 9.89. The first kappa shape index (κ1) is 17.3. The van der Waals surface area contributed by atoms with E-state index in [1.165, 1.54) is 0 Å². The van der Waals surface area contributed by atoms with Crippen molar-refractivity contribution >= 4 is 10.1 Å². The maximum Gasteiger partial charge on any atom is 0.267 e. The van der Waals surface area contributed by atoms with Crippen molar-refractivity contribution in [1.29, 1.82) is 0 Å². The van der Waals surface area contributed by atoms with E-state index in [2.05, 4.69) is 65.1 Å². The van der Waals surface area contributed by atoms with Crippen molar-refractivity contribution in [2.75, 3.05) is 0 Å². The highest BCUT2D eigenvalue weighted by atomic mass is 32.2. The summed E-state index contributed by atoms with van der Waals surface area (Å²) in [5.74, 6) is 27.7. The van der Waals surface area contributed by atoms with E-state index >= 15 is 0 Å². The summed E-state index contributed by atoms with van der Waals surface area (Å²) in [5.41, 5.74) is 0. The molecular weight excluding hydrogens is 296 g/mol. The predicted molar refractivity (Wildman–Crippen MR) is 85.0 cm³/mol. The average Bonchev–Trinajstić information content (AvgIpc) is 2.49. The zero-order valence-corrected chi connectivity index (χ0v) is 12.5. The van der Waals surface area contributed by atoms with Gasteiger partial charge in [-0.3, -0.25) is 4.55 Å². The zero-order valence-electron chi connectivity index (χ0n) is 11.7. The summed E-state index contributed by atoms with van der Waals surface area (Å²) >= 11 is 0. The van der Waals surface area contributed by atoms with Crippen LogP contribution in [0.5, 0.6) is 0 Å². The Morgan fingerprint density at radius 3 is 1.68 bits per heavy atom. The van der Waals surface area contributed by atoms with Crippen molar-refractivity contribution in [2.24, 2.45) is 5.92 Å². The van der Waals surface area contributed by atoms with Crippen LogP contribution in [0.25, 0.3) is 0 Å². The Morgan fingerprint density at radius 2 is 1.23 bits per heavy atom. The standard InChI is InChI=1S/C18H12O3S/c1-2-3-4-5-6-7-8-9-10-11-12-17-13-15-18(16-14-17)22(19,20)21/h1,17-18H,13-16H2,(H,19,20,21). The van der Waals surface area contributed by atoms with E-state index < -0.39 is 15.4 Å². The highest BCUT2D eigenvalue weighted by Crippen LogP contribution is 2.27.